The Morgan fingerprint density at radius 2 is 2.00 bits per heavy atom. The molecule has 2 aliphatic rings. The molecule has 1 aromatic rings. The third-order valence-corrected chi connectivity index (χ3v) is 5.89. The Morgan fingerprint density at radius 1 is 1.20 bits per heavy atom. The summed E-state index contributed by atoms with van der Waals surface area (Å²) in [7, 11) is 0. The van der Waals surface area contributed by atoms with E-state index in [0.717, 1.165) is 5.92 Å². The van der Waals surface area contributed by atoms with Gasteiger partial charge in [0.15, 0.2) is 0 Å². The number of nitrogens with one attached hydrogen (secondary N) is 1. The fourth-order valence-corrected chi connectivity index (χ4v) is 4.50. The molecule has 1 aromatic carbocycles. The van der Waals surface area contributed by atoms with Gasteiger partial charge in [0.2, 0.25) is 0 Å². The molecule has 1 fully saturated rings. The van der Waals surface area contributed by atoms with Gasteiger partial charge in [-0.1, -0.05) is 25.1 Å². The molecule has 1 atom stereocenters. The molecule has 1 N–H and O–H groups in total. The number of piperidine rings is 1. The van der Waals surface area contributed by atoms with Crippen LogP contribution in [0.1, 0.15) is 37.8 Å². The van der Waals surface area contributed by atoms with Crippen molar-refractivity contribution in [3.05, 3.63) is 29.8 Å². The van der Waals surface area contributed by atoms with E-state index in [1.165, 1.54) is 61.7 Å². The molecular weight excluding hydrogens is 264 g/mol. The van der Waals surface area contributed by atoms with Crippen LogP contribution in [0.15, 0.2) is 29.2 Å². The summed E-state index contributed by atoms with van der Waals surface area (Å²) in [5.41, 5.74) is 1.52. The monoisotopic (exact) mass is 290 g/mol. The summed E-state index contributed by atoms with van der Waals surface area (Å²) in [6, 6.07) is 9.50. The molecule has 0 aliphatic carbocycles. The molecule has 110 valence electrons. The van der Waals surface area contributed by atoms with Gasteiger partial charge < -0.3 is 10.2 Å². The van der Waals surface area contributed by atoms with Crippen molar-refractivity contribution in [2.24, 2.45) is 5.92 Å². The Bertz CT molecular complexity index is 427. The van der Waals surface area contributed by atoms with Crippen LogP contribution in [0.5, 0.6) is 0 Å². The van der Waals surface area contributed by atoms with Gasteiger partial charge in [0.1, 0.15) is 0 Å². The molecule has 2 heterocycles. The first-order valence-corrected chi connectivity index (χ1v) is 9.03. The van der Waals surface area contributed by atoms with E-state index >= 15 is 0 Å². The lowest BCUT2D eigenvalue weighted by Gasteiger charge is -2.33. The topological polar surface area (TPSA) is 15.3 Å². The highest BCUT2D eigenvalue weighted by atomic mass is 32.2. The molecule has 0 spiro atoms. The molecule has 2 aliphatic heterocycles. The van der Waals surface area contributed by atoms with E-state index in [1.807, 2.05) is 11.8 Å². The highest BCUT2D eigenvalue weighted by Gasteiger charge is 2.22. The van der Waals surface area contributed by atoms with Crippen molar-refractivity contribution in [3.8, 4) is 0 Å². The fraction of sp³-hybridized carbons (Fsp3) is 0.647. The minimum atomic E-state index is 0.580. The van der Waals surface area contributed by atoms with E-state index in [4.69, 9.17) is 0 Å². The van der Waals surface area contributed by atoms with E-state index in [2.05, 4.69) is 41.4 Å². The van der Waals surface area contributed by atoms with Gasteiger partial charge >= 0.3 is 0 Å². The minimum absolute atomic E-state index is 0.580. The highest BCUT2D eigenvalue weighted by Crippen LogP contribution is 2.36. The van der Waals surface area contributed by atoms with Crippen molar-refractivity contribution < 1.29 is 0 Å². The quantitative estimate of drug-likeness (QED) is 0.913. The van der Waals surface area contributed by atoms with Gasteiger partial charge in [-0.15, -0.1) is 11.8 Å². The number of thioether (sulfide) groups is 1. The molecule has 0 saturated carbocycles. The van der Waals surface area contributed by atoms with E-state index < -0.39 is 0 Å². The maximum atomic E-state index is 3.85. The van der Waals surface area contributed by atoms with Crippen molar-refractivity contribution in [1.82, 2.24) is 10.2 Å². The van der Waals surface area contributed by atoms with Gasteiger partial charge in [-0.3, -0.25) is 0 Å². The standard InChI is InChI=1S/C17H26N2S/c1-2-19-10-7-14(8-11-19)13-18-16-9-12-20-17-6-4-3-5-15(16)17/h3-6,14,16,18H,2,7-13H2,1H3. The normalized spacial score (nSPS) is 24.6. The Labute approximate surface area is 127 Å². The average Bonchev–Trinajstić information content (AvgIpc) is 2.53. The molecule has 20 heavy (non-hydrogen) atoms. The van der Waals surface area contributed by atoms with Gasteiger partial charge in [0.05, 0.1) is 0 Å². The predicted octanol–water partition coefficient (Wildman–Crippen LogP) is 3.55. The van der Waals surface area contributed by atoms with Gasteiger partial charge in [-0.2, -0.15) is 0 Å². The molecule has 1 unspecified atom stereocenters. The van der Waals surface area contributed by atoms with Crippen LogP contribution in [0, 0.1) is 5.92 Å². The van der Waals surface area contributed by atoms with Crippen molar-refractivity contribution in [2.45, 2.75) is 37.1 Å². The van der Waals surface area contributed by atoms with Gasteiger partial charge in [-0.05, 0) is 68.7 Å². The summed E-state index contributed by atoms with van der Waals surface area (Å²) in [6.45, 7) is 7.27. The molecule has 0 radical (unpaired) electrons. The SMILES string of the molecule is CCN1CCC(CNC2CCSc3ccccc32)CC1. The van der Waals surface area contributed by atoms with Crippen molar-refractivity contribution in [1.29, 1.82) is 0 Å². The number of likely N-dealkylation sites (tertiary alicyclic amines) is 1. The largest absolute Gasteiger partial charge is 0.310 e. The average molecular weight is 290 g/mol. The van der Waals surface area contributed by atoms with Crippen molar-refractivity contribution in [2.75, 3.05) is 31.9 Å². The first-order valence-electron chi connectivity index (χ1n) is 8.04. The molecule has 0 bridgehead atoms. The van der Waals surface area contributed by atoms with Crippen LogP contribution in [0.3, 0.4) is 0 Å². The van der Waals surface area contributed by atoms with Crippen molar-refractivity contribution >= 4 is 11.8 Å². The summed E-state index contributed by atoms with van der Waals surface area (Å²) in [6.07, 6.45) is 4.00. The van der Waals surface area contributed by atoms with Crippen molar-refractivity contribution in [3.63, 3.8) is 0 Å². The van der Waals surface area contributed by atoms with Crippen LogP contribution in [-0.2, 0) is 0 Å². The second-order valence-electron chi connectivity index (χ2n) is 6.01. The second kappa shape index (κ2) is 6.97. The lowest BCUT2D eigenvalue weighted by Crippen LogP contribution is -2.38. The zero-order chi connectivity index (χ0) is 13.8. The number of nitrogens with zero attached hydrogens (tertiary/aromatic N) is 1. The zero-order valence-corrected chi connectivity index (χ0v) is 13.3. The fourth-order valence-electron chi connectivity index (χ4n) is 3.37. The molecular formula is C17H26N2S. The first kappa shape index (κ1) is 14.4. The Hall–Kier alpha value is -0.510. The van der Waals surface area contributed by atoms with Crippen LogP contribution in [0.2, 0.25) is 0 Å². The summed E-state index contributed by atoms with van der Waals surface area (Å²) in [5.74, 6) is 2.13. The van der Waals surface area contributed by atoms with E-state index in [0.29, 0.717) is 6.04 Å². The molecule has 2 nitrogen and oxygen atoms in total. The van der Waals surface area contributed by atoms with Crippen LogP contribution < -0.4 is 5.32 Å². The summed E-state index contributed by atoms with van der Waals surface area (Å²) in [5, 5.41) is 3.85. The summed E-state index contributed by atoms with van der Waals surface area (Å²) in [4.78, 5) is 4.06. The lowest BCUT2D eigenvalue weighted by atomic mass is 9.95. The van der Waals surface area contributed by atoms with Crippen LogP contribution in [-0.4, -0.2) is 36.8 Å². The first-order chi connectivity index (χ1) is 9.86. The van der Waals surface area contributed by atoms with Gasteiger partial charge in [0, 0.05) is 10.9 Å². The molecule has 3 rings (SSSR count). The number of hydrogen-bond acceptors (Lipinski definition) is 3. The van der Waals surface area contributed by atoms with E-state index in [9.17, 15) is 0 Å². The third-order valence-electron chi connectivity index (χ3n) is 4.77. The van der Waals surface area contributed by atoms with Gasteiger partial charge in [-0.25, -0.2) is 0 Å². The Morgan fingerprint density at radius 3 is 2.80 bits per heavy atom. The van der Waals surface area contributed by atoms with Crippen LogP contribution in [0.4, 0.5) is 0 Å². The van der Waals surface area contributed by atoms with Gasteiger partial charge in [0.25, 0.3) is 0 Å². The van der Waals surface area contributed by atoms with E-state index in [1.54, 1.807) is 0 Å². The van der Waals surface area contributed by atoms with Crippen LogP contribution >= 0.6 is 11.8 Å². The summed E-state index contributed by atoms with van der Waals surface area (Å²) >= 11 is 2.01. The minimum Gasteiger partial charge on any atom is -0.310 e. The molecule has 0 aromatic heterocycles. The smallest absolute Gasteiger partial charge is 0.0339 e. The summed E-state index contributed by atoms with van der Waals surface area (Å²) < 4.78 is 0. The molecule has 0 amide bonds. The Kier molecular flexibility index (Phi) is 5.03. The highest BCUT2D eigenvalue weighted by molar-refractivity contribution is 7.99. The number of benzene rings is 1. The zero-order valence-electron chi connectivity index (χ0n) is 12.5. The number of rotatable bonds is 4. The number of fused-ring (bicyclic) bond motifs is 1. The molecule has 1 saturated heterocycles. The predicted molar refractivity (Wildman–Crippen MR) is 87.4 cm³/mol. The number of hydrogen-bond donors (Lipinski definition) is 1. The maximum absolute atomic E-state index is 3.85. The third kappa shape index (κ3) is 3.38. The second-order valence-corrected chi connectivity index (χ2v) is 7.15. The van der Waals surface area contributed by atoms with Crippen LogP contribution in [0.25, 0.3) is 0 Å². The maximum Gasteiger partial charge on any atom is 0.0339 e. The molecule has 3 heteroatoms. The Balaban J connectivity index is 1.52. The van der Waals surface area contributed by atoms with E-state index in [-0.39, 0.29) is 0 Å². The lowest BCUT2D eigenvalue weighted by molar-refractivity contribution is 0.187.